The van der Waals surface area contributed by atoms with E-state index in [0.29, 0.717) is 5.92 Å². The molecule has 0 bridgehead atoms. The number of aromatic nitrogens is 2. The Bertz CT molecular complexity index is 575. The number of methoxy groups -OCH3 is 1. The molecule has 0 aliphatic carbocycles. The number of hydrogen-bond donors (Lipinski definition) is 1. The van der Waals surface area contributed by atoms with Crippen molar-refractivity contribution in [3.8, 4) is 5.75 Å². The lowest BCUT2D eigenvalue weighted by atomic mass is 10.0. The van der Waals surface area contributed by atoms with Crippen molar-refractivity contribution in [2.24, 2.45) is 0 Å². The van der Waals surface area contributed by atoms with E-state index in [-0.39, 0.29) is 6.61 Å². The van der Waals surface area contributed by atoms with E-state index in [1.54, 1.807) is 7.11 Å². The number of nitrogens with zero attached hydrogens (tertiary/aromatic N) is 2. The third kappa shape index (κ3) is 4.10. The molecule has 0 saturated heterocycles. The van der Waals surface area contributed by atoms with Crippen LogP contribution in [0.3, 0.4) is 0 Å². The maximum atomic E-state index is 9.38. The van der Waals surface area contributed by atoms with Crippen LogP contribution in [0.5, 0.6) is 5.75 Å². The zero-order valence-electron chi connectivity index (χ0n) is 13.7. The van der Waals surface area contributed by atoms with Crippen LogP contribution in [0.1, 0.15) is 56.1 Å². The SMILES string of the molecule is CCCCC(C)c1nc(CO)cn1Cc1ccc(OC)cc1. The number of imidazole rings is 1. The Morgan fingerprint density at radius 2 is 2.00 bits per heavy atom. The largest absolute Gasteiger partial charge is 0.497 e. The second kappa shape index (κ2) is 7.99. The molecular formula is C18H26N2O2. The molecule has 0 fully saturated rings. The zero-order chi connectivity index (χ0) is 15.9. The Kier molecular flexibility index (Phi) is 6.01. The first-order valence-electron chi connectivity index (χ1n) is 7.97. The van der Waals surface area contributed by atoms with Crippen LogP contribution >= 0.6 is 0 Å². The van der Waals surface area contributed by atoms with Crippen molar-refractivity contribution in [2.45, 2.75) is 52.2 Å². The van der Waals surface area contributed by atoms with Gasteiger partial charge in [-0.25, -0.2) is 4.98 Å². The fourth-order valence-electron chi connectivity index (χ4n) is 2.65. The van der Waals surface area contributed by atoms with Crippen molar-refractivity contribution >= 4 is 0 Å². The van der Waals surface area contributed by atoms with Crippen molar-refractivity contribution in [3.05, 3.63) is 47.5 Å². The fourth-order valence-corrected chi connectivity index (χ4v) is 2.65. The Morgan fingerprint density at radius 1 is 1.27 bits per heavy atom. The average Bonchev–Trinajstić information content (AvgIpc) is 2.96. The topological polar surface area (TPSA) is 47.3 Å². The summed E-state index contributed by atoms with van der Waals surface area (Å²) in [4.78, 5) is 4.60. The molecule has 0 radical (unpaired) electrons. The van der Waals surface area contributed by atoms with E-state index >= 15 is 0 Å². The molecule has 0 spiro atoms. The second-order valence-corrected chi connectivity index (χ2v) is 5.77. The summed E-state index contributed by atoms with van der Waals surface area (Å²) in [6, 6.07) is 8.08. The summed E-state index contributed by atoms with van der Waals surface area (Å²) >= 11 is 0. The number of benzene rings is 1. The summed E-state index contributed by atoms with van der Waals surface area (Å²) in [7, 11) is 1.67. The molecule has 1 N–H and O–H groups in total. The Labute approximate surface area is 132 Å². The minimum absolute atomic E-state index is 0.0108. The predicted octanol–water partition coefficient (Wildman–Crippen LogP) is 3.73. The van der Waals surface area contributed by atoms with Gasteiger partial charge in [-0.2, -0.15) is 0 Å². The first kappa shape index (κ1) is 16.6. The third-order valence-electron chi connectivity index (χ3n) is 3.96. The Hall–Kier alpha value is -1.81. The number of unbranched alkanes of at least 4 members (excludes halogenated alkanes) is 1. The summed E-state index contributed by atoms with van der Waals surface area (Å²) in [5.41, 5.74) is 1.94. The van der Waals surface area contributed by atoms with Gasteiger partial charge >= 0.3 is 0 Å². The number of ether oxygens (including phenoxy) is 1. The van der Waals surface area contributed by atoms with E-state index in [0.717, 1.165) is 30.2 Å². The molecular weight excluding hydrogens is 276 g/mol. The molecule has 4 heteroatoms. The summed E-state index contributed by atoms with van der Waals surface area (Å²) < 4.78 is 7.36. The lowest BCUT2D eigenvalue weighted by Crippen LogP contribution is -2.07. The summed E-state index contributed by atoms with van der Waals surface area (Å²) in [5.74, 6) is 2.33. The van der Waals surface area contributed by atoms with Crippen molar-refractivity contribution in [2.75, 3.05) is 7.11 Å². The highest BCUT2D eigenvalue weighted by Gasteiger charge is 2.14. The van der Waals surface area contributed by atoms with E-state index in [1.165, 1.54) is 18.4 Å². The zero-order valence-corrected chi connectivity index (χ0v) is 13.7. The maximum absolute atomic E-state index is 9.38. The lowest BCUT2D eigenvalue weighted by Gasteiger charge is -2.14. The Morgan fingerprint density at radius 3 is 2.59 bits per heavy atom. The maximum Gasteiger partial charge on any atom is 0.118 e. The summed E-state index contributed by atoms with van der Waals surface area (Å²) in [6.07, 6.45) is 5.48. The highest BCUT2D eigenvalue weighted by atomic mass is 16.5. The number of hydrogen-bond acceptors (Lipinski definition) is 3. The summed E-state index contributed by atoms with van der Waals surface area (Å²) in [5, 5.41) is 9.38. The van der Waals surface area contributed by atoms with Crippen molar-refractivity contribution < 1.29 is 9.84 Å². The minimum atomic E-state index is -0.0108. The van der Waals surface area contributed by atoms with Crippen molar-refractivity contribution in [3.63, 3.8) is 0 Å². The molecule has 2 rings (SSSR count). The van der Waals surface area contributed by atoms with Gasteiger partial charge in [0.15, 0.2) is 0 Å². The molecule has 1 unspecified atom stereocenters. The molecule has 1 aromatic heterocycles. The smallest absolute Gasteiger partial charge is 0.118 e. The third-order valence-corrected chi connectivity index (χ3v) is 3.96. The molecule has 0 saturated carbocycles. The number of aliphatic hydroxyl groups excluding tert-OH is 1. The van der Waals surface area contributed by atoms with Gasteiger partial charge in [-0.15, -0.1) is 0 Å². The van der Waals surface area contributed by atoms with Gasteiger partial charge in [-0.1, -0.05) is 38.8 Å². The molecule has 120 valence electrons. The van der Waals surface area contributed by atoms with E-state index in [1.807, 2.05) is 18.3 Å². The van der Waals surface area contributed by atoms with Crippen LogP contribution in [0, 0.1) is 0 Å². The van der Waals surface area contributed by atoms with Crippen LogP contribution in [0.4, 0.5) is 0 Å². The predicted molar refractivity (Wildman–Crippen MR) is 88.2 cm³/mol. The van der Waals surface area contributed by atoms with Gasteiger partial charge in [0.2, 0.25) is 0 Å². The molecule has 22 heavy (non-hydrogen) atoms. The van der Waals surface area contributed by atoms with Gasteiger partial charge in [0.1, 0.15) is 11.6 Å². The van der Waals surface area contributed by atoms with Gasteiger partial charge in [0.05, 0.1) is 19.4 Å². The number of rotatable bonds is 8. The molecule has 1 heterocycles. The number of aliphatic hydroxyl groups is 1. The normalized spacial score (nSPS) is 12.4. The second-order valence-electron chi connectivity index (χ2n) is 5.77. The summed E-state index contributed by atoms with van der Waals surface area (Å²) in [6.45, 7) is 5.17. The molecule has 2 aromatic rings. The molecule has 4 nitrogen and oxygen atoms in total. The van der Waals surface area contributed by atoms with Crippen LogP contribution in [0.2, 0.25) is 0 Å². The lowest BCUT2D eigenvalue weighted by molar-refractivity contribution is 0.277. The van der Waals surface area contributed by atoms with Crippen LogP contribution in [0.15, 0.2) is 30.5 Å². The van der Waals surface area contributed by atoms with Gasteiger partial charge in [-0.05, 0) is 24.1 Å². The van der Waals surface area contributed by atoms with Crippen molar-refractivity contribution in [1.29, 1.82) is 0 Å². The van der Waals surface area contributed by atoms with Gasteiger partial charge < -0.3 is 14.4 Å². The molecule has 1 atom stereocenters. The van der Waals surface area contributed by atoms with E-state index in [4.69, 9.17) is 4.74 Å². The van der Waals surface area contributed by atoms with E-state index in [2.05, 4.69) is 35.5 Å². The van der Waals surface area contributed by atoms with Gasteiger partial charge in [0, 0.05) is 18.7 Å². The highest BCUT2D eigenvalue weighted by molar-refractivity contribution is 5.27. The molecule has 1 aromatic carbocycles. The quantitative estimate of drug-likeness (QED) is 0.808. The van der Waals surface area contributed by atoms with Crippen LogP contribution in [-0.4, -0.2) is 21.8 Å². The van der Waals surface area contributed by atoms with E-state index < -0.39 is 0 Å². The average molecular weight is 302 g/mol. The fraction of sp³-hybridized carbons (Fsp3) is 0.500. The standard InChI is InChI=1S/C18H26N2O2/c1-4-5-6-14(2)18-19-16(13-21)12-20(18)11-15-7-9-17(22-3)10-8-15/h7-10,12,14,21H,4-6,11,13H2,1-3H3. The van der Waals surface area contributed by atoms with Crippen molar-refractivity contribution in [1.82, 2.24) is 9.55 Å². The van der Waals surface area contributed by atoms with Crippen LogP contribution in [-0.2, 0) is 13.2 Å². The molecule has 0 amide bonds. The van der Waals surface area contributed by atoms with Crippen LogP contribution < -0.4 is 4.74 Å². The van der Waals surface area contributed by atoms with Crippen LogP contribution in [0.25, 0.3) is 0 Å². The molecule has 0 aliphatic rings. The van der Waals surface area contributed by atoms with Gasteiger partial charge in [-0.3, -0.25) is 0 Å². The Balaban J connectivity index is 2.18. The monoisotopic (exact) mass is 302 g/mol. The molecule has 0 aliphatic heterocycles. The highest BCUT2D eigenvalue weighted by Crippen LogP contribution is 2.22. The van der Waals surface area contributed by atoms with E-state index in [9.17, 15) is 5.11 Å². The van der Waals surface area contributed by atoms with Gasteiger partial charge in [0.25, 0.3) is 0 Å². The first-order chi connectivity index (χ1) is 10.7. The minimum Gasteiger partial charge on any atom is -0.497 e. The first-order valence-corrected chi connectivity index (χ1v) is 7.97.